The van der Waals surface area contributed by atoms with Crippen LogP contribution in [0.15, 0.2) is 0 Å². The van der Waals surface area contributed by atoms with Crippen LogP contribution < -0.4 is 0 Å². The van der Waals surface area contributed by atoms with Crippen molar-refractivity contribution < 1.29 is 60.3 Å². The van der Waals surface area contributed by atoms with Gasteiger partial charge in [0.1, 0.15) is 0 Å². The van der Waals surface area contributed by atoms with Gasteiger partial charge in [-0.05, 0) is 0 Å². The topological polar surface area (TPSA) is 0 Å². The van der Waals surface area contributed by atoms with Crippen LogP contribution in [-0.2, 0) is 60.3 Å². The monoisotopic (exact) mass is 238 g/mol. The van der Waals surface area contributed by atoms with Crippen molar-refractivity contribution in [1.82, 2.24) is 0 Å². The van der Waals surface area contributed by atoms with Crippen molar-refractivity contribution in [3.8, 4) is 0 Å². The van der Waals surface area contributed by atoms with Gasteiger partial charge in [-0.1, -0.05) is 0 Å². The minimum absolute atomic E-state index is 0. The van der Waals surface area contributed by atoms with Crippen molar-refractivity contribution in [2.24, 2.45) is 0 Å². The molecule has 0 aliphatic rings. The van der Waals surface area contributed by atoms with E-state index in [2.05, 4.69) is 0 Å². The predicted molar refractivity (Wildman–Crippen MR) is 9.94 cm³/mol. The molecule has 0 aliphatic carbocycles. The predicted octanol–water partition coefficient (Wildman–Crippen LogP) is -1.19. The van der Waals surface area contributed by atoms with E-state index in [1.807, 2.05) is 0 Å². The Morgan fingerprint density at radius 3 is 1.00 bits per heavy atom. The van der Waals surface area contributed by atoms with Crippen molar-refractivity contribution >= 4 is 17.4 Å². The first-order chi connectivity index (χ1) is 0. The zero-order valence-corrected chi connectivity index (χ0v) is 5.76. The first-order valence-electron chi connectivity index (χ1n) is 0. The van der Waals surface area contributed by atoms with Crippen molar-refractivity contribution in [1.29, 1.82) is 0 Å². The van der Waals surface area contributed by atoms with Gasteiger partial charge < -0.3 is 0 Å². The molecule has 0 atom stereocenters. The second-order valence-corrected chi connectivity index (χ2v) is 0. The fourth-order valence-electron chi connectivity index (χ4n) is 0. The van der Waals surface area contributed by atoms with E-state index in [0.29, 0.717) is 0 Å². The summed E-state index contributed by atoms with van der Waals surface area (Å²) in [6.45, 7) is 0. The molecule has 4 heteroatoms. The molecular weight excluding hydrogens is 237 g/mol. The molecule has 0 aromatic heterocycles. The summed E-state index contributed by atoms with van der Waals surface area (Å²) in [6.07, 6.45) is 0. The summed E-state index contributed by atoms with van der Waals surface area (Å²) in [5, 5.41) is 0. The molecule has 0 bridgehead atoms. The van der Waals surface area contributed by atoms with Crippen LogP contribution in [-0.4, -0.2) is 17.4 Å². The number of hydrogen-bond donors (Lipinski definition) is 0. The molecule has 0 nitrogen and oxygen atoms in total. The molecule has 0 rings (SSSR count). The summed E-state index contributed by atoms with van der Waals surface area (Å²) >= 11 is 0. The van der Waals surface area contributed by atoms with Gasteiger partial charge in [-0.3, -0.25) is 0 Å². The maximum atomic E-state index is 0. The minimum atomic E-state index is 0. The van der Waals surface area contributed by atoms with Gasteiger partial charge in [0, 0.05) is 60.3 Å². The van der Waals surface area contributed by atoms with Crippen molar-refractivity contribution in [2.45, 2.75) is 0 Å². The molecule has 0 amide bonds. The summed E-state index contributed by atoms with van der Waals surface area (Å²) in [5.41, 5.74) is 0. The molecular formula is H3AlCuMnZr. The summed E-state index contributed by atoms with van der Waals surface area (Å²) in [5.74, 6) is 0. The van der Waals surface area contributed by atoms with E-state index < -0.39 is 0 Å². The Hall–Kier alpha value is 2.45. The van der Waals surface area contributed by atoms with E-state index >= 15 is 0 Å². The van der Waals surface area contributed by atoms with Crippen LogP contribution >= 0.6 is 0 Å². The minimum Gasteiger partial charge on any atom is 0 e. The molecule has 0 saturated carbocycles. The van der Waals surface area contributed by atoms with Crippen LogP contribution in [0.3, 0.4) is 0 Å². The van der Waals surface area contributed by atoms with Crippen LogP contribution in [0.25, 0.3) is 0 Å². The fraction of sp³-hybridized carbons (Fsp3) is 0. The Morgan fingerprint density at radius 2 is 1.00 bits per heavy atom. The van der Waals surface area contributed by atoms with Gasteiger partial charge in [-0.25, -0.2) is 0 Å². The Labute approximate surface area is 76.7 Å². The summed E-state index contributed by atoms with van der Waals surface area (Å²) in [7, 11) is 0. The quantitative estimate of drug-likeness (QED) is 0.467. The molecule has 0 unspecified atom stereocenters. The van der Waals surface area contributed by atoms with E-state index in [0.717, 1.165) is 0 Å². The SMILES string of the molecule is [AlH3].[Cu].[Mn].[Zr]. The molecule has 0 spiro atoms. The summed E-state index contributed by atoms with van der Waals surface area (Å²) in [6, 6.07) is 0. The van der Waals surface area contributed by atoms with Gasteiger partial charge in [0.05, 0.1) is 0 Å². The standard InChI is InChI=1S/Al.Cu.Mn.Zr.3H. The Balaban J connectivity index is 0. The Kier molecular flexibility index (Phi) is 143. The zero-order valence-electron chi connectivity index (χ0n) is 1.18. The smallest absolute Gasteiger partial charge is 0 e. The van der Waals surface area contributed by atoms with Gasteiger partial charge in [0.25, 0.3) is 0 Å². The molecule has 0 saturated heterocycles. The molecule has 0 N–H and O–H groups in total. The van der Waals surface area contributed by atoms with E-state index in [1.54, 1.807) is 0 Å². The molecule has 2 radical (unpaired) electrons. The molecule has 28 valence electrons. The molecule has 0 heterocycles. The van der Waals surface area contributed by atoms with E-state index in [9.17, 15) is 0 Å². The third-order valence-electron chi connectivity index (χ3n) is 0. The first kappa shape index (κ1) is 31.9. The zero-order chi connectivity index (χ0) is 0. The van der Waals surface area contributed by atoms with E-state index in [-0.39, 0.29) is 77.7 Å². The summed E-state index contributed by atoms with van der Waals surface area (Å²) in [4.78, 5) is 0. The third-order valence-corrected chi connectivity index (χ3v) is 0. The number of hydrogen-bond acceptors (Lipinski definition) is 0. The van der Waals surface area contributed by atoms with Gasteiger partial charge in [0.15, 0.2) is 17.4 Å². The average molecular weight is 240 g/mol. The van der Waals surface area contributed by atoms with E-state index in [4.69, 9.17) is 0 Å². The second kappa shape index (κ2) is 18.0. The summed E-state index contributed by atoms with van der Waals surface area (Å²) < 4.78 is 0. The van der Waals surface area contributed by atoms with Crippen molar-refractivity contribution in [3.63, 3.8) is 0 Å². The maximum absolute atomic E-state index is 0. The van der Waals surface area contributed by atoms with Gasteiger partial charge in [-0.15, -0.1) is 0 Å². The second-order valence-electron chi connectivity index (χ2n) is 0. The average Bonchev–Trinajstić information content (AvgIpc) is 0. The first-order valence-corrected chi connectivity index (χ1v) is 0. The molecule has 0 aliphatic heterocycles. The van der Waals surface area contributed by atoms with Crippen LogP contribution in [0.5, 0.6) is 0 Å². The Bertz CT molecular complexity index is 8.00. The van der Waals surface area contributed by atoms with Crippen molar-refractivity contribution in [3.05, 3.63) is 0 Å². The molecule has 0 fully saturated rings. The van der Waals surface area contributed by atoms with Crippen LogP contribution in [0, 0.1) is 0 Å². The largest absolute Gasteiger partial charge is 0.187 e. The molecule has 4 heavy (non-hydrogen) atoms. The maximum Gasteiger partial charge on any atom is 0.187 e. The Morgan fingerprint density at radius 1 is 1.00 bits per heavy atom. The normalized spacial score (nSPS) is 0. The van der Waals surface area contributed by atoms with Gasteiger partial charge >= 0.3 is 0 Å². The van der Waals surface area contributed by atoms with Crippen molar-refractivity contribution in [2.75, 3.05) is 0 Å². The molecule has 0 aromatic rings. The fourth-order valence-corrected chi connectivity index (χ4v) is 0. The van der Waals surface area contributed by atoms with E-state index in [1.165, 1.54) is 0 Å². The third kappa shape index (κ3) is 8.82. The van der Waals surface area contributed by atoms with Gasteiger partial charge in [0.2, 0.25) is 0 Å². The van der Waals surface area contributed by atoms with Crippen LogP contribution in [0.2, 0.25) is 0 Å². The van der Waals surface area contributed by atoms with Gasteiger partial charge in [-0.2, -0.15) is 0 Å². The van der Waals surface area contributed by atoms with Crippen LogP contribution in [0.1, 0.15) is 0 Å². The van der Waals surface area contributed by atoms with Crippen LogP contribution in [0.4, 0.5) is 0 Å². The molecule has 0 aromatic carbocycles. The number of rotatable bonds is 0.